The van der Waals surface area contributed by atoms with Crippen LogP contribution in [0, 0.1) is 29.6 Å². The monoisotopic (exact) mass is 684 g/mol. The summed E-state index contributed by atoms with van der Waals surface area (Å²) in [5.74, 6) is -4.37. The summed E-state index contributed by atoms with van der Waals surface area (Å²) in [4.78, 5) is 68.7. The summed E-state index contributed by atoms with van der Waals surface area (Å²) in [6, 6.07) is 11.3. The number of carboxylic acid groups (broad SMARTS) is 1. The molecule has 4 aliphatic rings. The first-order valence-corrected chi connectivity index (χ1v) is 17.7. The van der Waals surface area contributed by atoms with Gasteiger partial charge in [-0.2, -0.15) is 0 Å². The summed E-state index contributed by atoms with van der Waals surface area (Å²) in [5, 5.41) is 18.0. The number of imide groups is 1. The van der Waals surface area contributed by atoms with Crippen molar-refractivity contribution in [3.8, 4) is 5.75 Å². The van der Waals surface area contributed by atoms with Crippen LogP contribution in [0.1, 0.15) is 29.7 Å². The van der Waals surface area contributed by atoms with Crippen molar-refractivity contribution in [3.63, 3.8) is 0 Å². The lowest BCUT2D eigenvalue weighted by Crippen LogP contribution is -2.44. The minimum Gasteiger partial charge on any atom is -0.483 e. The van der Waals surface area contributed by atoms with Crippen LogP contribution in [0.2, 0.25) is 0 Å². The molecule has 13 nitrogen and oxygen atoms in total. The third-order valence-corrected chi connectivity index (χ3v) is 13.1. The van der Waals surface area contributed by atoms with Crippen LogP contribution in [-0.4, -0.2) is 65.0 Å². The number of ether oxygens (including phenoxy) is 1. The molecule has 2 aliphatic carbocycles. The Morgan fingerprint density at radius 3 is 2.43 bits per heavy atom. The summed E-state index contributed by atoms with van der Waals surface area (Å²) in [6.45, 7) is 0.975. The number of likely N-dealkylation sites (tertiary alicyclic amines) is 1. The average molecular weight is 685 g/mol. The van der Waals surface area contributed by atoms with Crippen molar-refractivity contribution in [2.45, 2.75) is 40.5 Å². The van der Waals surface area contributed by atoms with E-state index in [-0.39, 0.29) is 45.3 Å². The molecule has 3 amide bonds. The molecular formula is C30H28N4O9S3. The van der Waals surface area contributed by atoms with Gasteiger partial charge in [0.1, 0.15) is 11.8 Å². The number of thioether (sulfide) groups is 1. The van der Waals surface area contributed by atoms with E-state index >= 15 is 0 Å². The van der Waals surface area contributed by atoms with Crippen LogP contribution in [0.3, 0.4) is 0 Å². The number of anilines is 1. The Hall–Kier alpha value is -3.99. The van der Waals surface area contributed by atoms with Crippen LogP contribution in [0.25, 0.3) is 0 Å². The fraction of sp³-hybridized carbons (Fsp3) is 0.367. The maximum atomic E-state index is 13.6. The second-order valence-corrected chi connectivity index (χ2v) is 15.7. The summed E-state index contributed by atoms with van der Waals surface area (Å²) in [7, 11) is -3.88. The van der Waals surface area contributed by atoms with E-state index in [2.05, 4.69) is 10.3 Å². The van der Waals surface area contributed by atoms with Gasteiger partial charge in [0.05, 0.1) is 21.8 Å². The van der Waals surface area contributed by atoms with E-state index in [1.807, 2.05) is 12.1 Å². The number of aliphatic carboxylic acids is 1. The highest BCUT2D eigenvalue weighted by atomic mass is 32.2. The lowest BCUT2D eigenvalue weighted by molar-refractivity contribution is -0.154. The Balaban J connectivity index is 1.18. The standard InChI is InChI=1S/C30H28N4O9S3/c1-12(29(38)39)34-27(36)22-16-10-17(23(22)28(34)37)24-21(16)20(25-26(44-24)33-30(40)45-25)15-4-2-3-5-18(15)43-11-19(35)32-13-6-8-14(9-7-13)46(31,41)42/h2-9,12,16-17,20-24H,10-11H2,1H3,(H,32,35)(H,33,40)(H,38,39)(H2,31,41,42)/t12?,16?,17?,20-,21?,22?,23?,24?/m1/s1. The maximum absolute atomic E-state index is 13.6. The number of aromatic amines is 1. The molecule has 1 saturated heterocycles. The third kappa shape index (κ3) is 4.85. The molecule has 3 aromatic rings. The molecule has 3 heterocycles. The number of nitrogens with two attached hydrogens (primary N) is 1. The predicted molar refractivity (Wildman–Crippen MR) is 166 cm³/mol. The fourth-order valence-corrected chi connectivity index (χ4v) is 11.2. The minimum atomic E-state index is -3.88. The highest BCUT2D eigenvalue weighted by Gasteiger charge is 2.70. The zero-order valence-corrected chi connectivity index (χ0v) is 26.6. The number of nitrogens with one attached hydrogen (secondary N) is 2. The molecule has 8 atom stereocenters. The number of carbonyl (C=O) groups excluding carboxylic acids is 3. The number of hydrogen-bond acceptors (Lipinski definition) is 10. The molecular weight excluding hydrogens is 657 g/mol. The predicted octanol–water partition coefficient (Wildman–Crippen LogP) is 2.05. The van der Waals surface area contributed by atoms with Gasteiger partial charge in [-0.15, -0.1) is 11.8 Å². The highest BCUT2D eigenvalue weighted by molar-refractivity contribution is 8.00. The van der Waals surface area contributed by atoms with Gasteiger partial charge in [-0.25, -0.2) is 18.4 Å². The number of H-pyrrole nitrogens is 1. The highest BCUT2D eigenvalue weighted by Crippen LogP contribution is 2.69. The van der Waals surface area contributed by atoms with Gasteiger partial charge >= 0.3 is 10.8 Å². The zero-order chi connectivity index (χ0) is 32.7. The molecule has 2 aliphatic heterocycles. The Bertz CT molecular complexity index is 1960. The van der Waals surface area contributed by atoms with Crippen LogP contribution in [0.5, 0.6) is 5.75 Å². The van der Waals surface area contributed by atoms with Gasteiger partial charge in [0.15, 0.2) is 6.61 Å². The Labute approximate surface area is 270 Å². The molecule has 7 unspecified atom stereocenters. The number of carbonyl (C=O) groups is 4. The van der Waals surface area contributed by atoms with E-state index in [9.17, 15) is 37.5 Å². The maximum Gasteiger partial charge on any atom is 0.326 e. The van der Waals surface area contributed by atoms with Crippen LogP contribution < -0.4 is 20.1 Å². The number of nitrogens with zero attached hydrogens (tertiary/aromatic N) is 1. The molecule has 46 heavy (non-hydrogen) atoms. The van der Waals surface area contributed by atoms with Gasteiger partial charge in [0.2, 0.25) is 21.8 Å². The van der Waals surface area contributed by atoms with Crippen LogP contribution in [0.15, 0.2) is 63.2 Å². The largest absolute Gasteiger partial charge is 0.483 e. The third-order valence-electron chi connectivity index (χ3n) is 9.58. The smallest absolute Gasteiger partial charge is 0.326 e. The topological polar surface area (TPSA) is 206 Å². The Morgan fingerprint density at radius 2 is 1.76 bits per heavy atom. The number of thiazole rings is 1. The summed E-state index contributed by atoms with van der Waals surface area (Å²) in [5.41, 5.74) is 1.08. The first-order chi connectivity index (χ1) is 21.8. The fourth-order valence-electron chi connectivity index (χ4n) is 7.82. The molecule has 2 saturated carbocycles. The van der Waals surface area contributed by atoms with Gasteiger partial charge < -0.3 is 20.1 Å². The molecule has 16 heteroatoms. The molecule has 5 N–H and O–H groups in total. The van der Waals surface area contributed by atoms with Crippen molar-refractivity contribution in [1.29, 1.82) is 0 Å². The summed E-state index contributed by atoms with van der Waals surface area (Å²) < 4.78 is 29.1. The Kier molecular flexibility index (Phi) is 7.38. The summed E-state index contributed by atoms with van der Waals surface area (Å²) >= 11 is 2.60. The second-order valence-electron chi connectivity index (χ2n) is 12.0. The number of aromatic nitrogens is 1. The lowest BCUT2D eigenvalue weighted by atomic mass is 9.68. The van der Waals surface area contributed by atoms with Crippen LogP contribution in [0.4, 0.5) is 5.69 Å². The molecule has 2 aromatic carbocycles. The lowest BCUT2D eigenvalue weighted by Gasteiger charge is -2.43. The molecule has 2 bridgehead atoms. The molecule has 7 rings (SSSR count). The van der Waals surface area contributed by atoms with Crippen molar-refractivity contribution in [3.05, 3.63) is 68.6 Å². The number of carboxylic acids is 1. The van der Waals surface area contributed by atoms with Gasteiger partial charge in [0, 0.05) is 27.3 Å². The van der Waals surface area contributed by atoms with Crippen molar-refractivity contribution in [2.75, 3.05) is 11.9 Å². The molecule has 0 spiro atoms. The first kappa shape index (κ1) is 30.7. The SMILES string of the molecule is CC(C(=O)O)N1C(=O)C2C3CC(C2C1=O)C1C3Sc2[nH]c(=O)sc2[C@@H]1c1ccccc1OCC(=O)Nc1ccc(S(N)(=O)=O)cc1. The number of primary sulfonamides is 1. The van der Waals surface area contributed by atoms with Crippen molar-refractivity contribution in [1.82, 2.24) is 9.88 Å². The van der Waals surface area contributed by atoms with E-state index < -0.39 is 51.6 Å². The van der Waals surface area contributed by atoms with Gasteiger partial charge in [-0.05, 0) is 61.4 Å². The van der Waals surface area contributed by atoms with Gasteiger partial charge in [0.25, 0.3) is 5.91 Å². The molecule has 1 aromatic heterocycles. The minimum absolute atomic E-state index is 0.0919. The zero-order valence-electron chi connectivity index (χ0n) is 24.1. The van der Waals surface area contributed by atoms with Crippen molar-refractivity contribution >= 4 is 62.5 Å². The number of fused-ring (bicyclic) bond motifs is 9. The normalized spacial score (nSPS) is 28.4. The quantitative estimate of drug-likeness (QED) is 0.254. The number of rotatable bonds is 8. The number of para-hydroxylation sites is 1. The van der Waals surface area contributed by atoms with Gasteiger partial charge in [-0.1, -0.05) is 29.5 Å². The van der Waals surface area contributed by atoms with Crippen molar-refractivity contribution < 1.29 is 37.4 Å². The van der Waals surface area contributed by atoms with Crippen molar-refractivity contribution in [2.24, 2.45) is 34.7 Å². The first-order valence-electron chi connectivity index (χ1n) is 14.5. The second kappa shape index (κ2) is 11.1. The van der Waals surface area contributed by atoms with E-state index in [4.69, 9.17) is 9.88 Å². The van der Waals surface area contributed by atoms with Gasteiger partial charge in [-0.3, -0.25) is 24.1 Å². The Morgan fingerprint density at radius 1 is 1.09 bits per heavy atom. The number of sulfonamides is 1. The van der Waals surface area contributed by atoms with E-state index in [0.29, 0.717) is 22.9 Å². The van der Waals surface area contributed by atoms with E-state index in [1.54, 1.807) is 12.1 Å². The summed E-state index contributed by atoms with van der Waals surface area (Å²) in [6.07, 6.45) is 0.635. The number of hydrogen-bond donors (Lipinski definition) is 4. The molecule has 3 fully saturated rings. The molecule has 0 radical (unpaired) electrons. The average Bonchev–Trinajstić information content (AvgIpc) is 3.74. The van der Waals surface area contributed by atoms with E-state index in [1.165, 1.54) is 43.0 Å². The van der Waals surface area contributed by atoms with Crippen LogP contribution in [-0.2, 0) is 29.2 Å². The number of benzene rings is 2. The van der Waals surface area contributed by atoms with E-state index in [0.717, 1.165) is 26.7 Å². The molecule has 240 valence electrons. The number of amides is 3. The van der Waals surface area contributed by atoms with Crippen LogP contribution >= 0.6 is 23.1 Å².